The Labute approximate surface area is 110 Å². The first-order valence-corrected chi connectivity index (χ1v) is 6.07. The second-order valence-electron chi connectivity index (χ2n) is 4.58. The zero-order valence-electron chi connectivity index (χ0n) is 10.5. The number of aliphatic hydroxyl groups excluding tert-OH is 4. The molecule has 2 rings (SSSR count). The Balaban J connectivity index is 2.13. The summed E-state index contributed by atoms with van der Waals surface area (Å²) in [6.45, 7) is 1.36. The molecule has 0 amide bonds. The van der Waals surface area contributed by atoms with Gasteiger partial charge in [0.15, 0.2) is 0 Å². The van der Waals surface area contributed by atoms with E-state index in [0.717, 1.165) is 5.56 Å². The van der Waals surface area contributed by atoms with Crippen molar-refractivity contribution in [3.05, 3.63) is 29.8 Å². The van der Waals surface area contributed by atoms with Crippen LogP contribution in [0.2, 0.25) is 0 Å². The number of hydrogen-bond donors (Lipinski definition) is 4. The Morgan fingerprint density at radius 2 is 1.79 bits per heavy atom. The third kappa shape index (κ3) is 2.88. The standard InChI is InChI=1S/C13H18O6/c1-7-4-2-3-5-8(7)18-13-12(17)11(16)10(15)9(6-14)19-13/h2-5,9-17H,6H2,1H3/t9?,10-,11+,12?,13-/m1/s1. The zero-order valence-corrected chi connectivity index (χ0v) is 10.5. The first-order valence-electron chi connectivity index (χ1n) is 6.07. The number of hydrogen-bond acceptors (Lipinski definition) is 6. The van der Waals surface area contributed by atoms with Crippen LogP contribution in [0.1, 0.15) is 5.56 Å². The van der Waals surface area contributed by atoms with Gasteiger partial charge in [-0.05, 0) is 18.6 Å². The molecule has 1 aromatic carbocycles. The molecule has 1 saturated heterocycles. The van der Waals surface area contributed by atoms with E-state index in [0.29, 0.717) is 5.75 Å². The van der Waals surface area contributed by atoms with Crippen molar-refractivity contribution >= 4 is 0 Å². The highest BCUT2D eigenvalue weighted by molar-refractivity contribution is 5.31. The van der Waals surface area contributed by atoms with Crippen molar-refractivity contribution in [2.75, 3.05) is 6.61 Å². The van der Waals surface area contributed by atoms with Crippen LogP contribution in [-0.2, 0) is 4.74 Å². The third-order valence-electron chi connectivity index (χ3n) is 3.19. The zero-order chi connectivity index (χ0) is 14.0. The maximum atomic E-state index is 9.83. The second-order valence-corrected chi connectivity index (χ2v) is 4.58. The summed E-state index contributed by atoms with van der Waals surface area (Å²) in [6.07, 6.45) is -6.31. The molecule has 0 spiro atoms. The summed E-state index contributed by atoms with van der Waals surface area (Å²) in [4.78, 5) is 0. The van der Waals surface area contributed by atoms with Crippen LogP contribution < -0.4 is 4.74 Å². The minimum atomic E-state index is -1.43. The van der Waals surface area contributed by atoms with Crippen LogP contribution >= 0.6 is 0 Å². The Bertz CT molecular complexity index is 421. The summed E-state index contributed by atoms with van der Waals surface area (Å²) in [5.41, 5.74) is 0.847. The number of aliphatic hydroxyl groups is 4. The number of rotatable bonds is 3. The van der Waals surface area contributed by atoms with Crippen LogP contribution in [0.5, 0.6) is 5.75 Å². The molecular weight excluding hydrogens is 252 g/mol. The SMILES string of the molecule is Cc1ccccc1O[C@@H]1OC(CO)[C@@H](O)[C@H](O)C1O. The van der Waals surface area contributed by atoms with E-state index in [1.54, 1.807) is 12.1 Å². The predicted octanol–water partition coefficient (Wildman–Crippen LogP) is -0.826. The fraction of sp³-hybridized carbons (Fsp3) is 0.538. The lowest BCUT2D eigenvalue weighted by atomic mass is 9.99. The smallest absolute Gasteiger partial charge is 0.229 e. The van der Waals surface area contributed by atoms with Gasteiger partial charge < -0.3 is 29.9 Å². The van der Waals surface area contributed by atoms with Crippen LogP contribution in [0.4, 0.5) is 0 Å². The second kappa shape index (κ2) is 5.85. The molecule has 0 radical (unpaired) electrons. The van der Waals surface area contributed by atoms with E-state index in [9.17, 15) is 15.3 Å². The van der Waals surface area contributed by atoms with Gasteiger partial charge in [-0.25, -0.2) is 0 Å². The molecule has 19 heavy (non-hydrogen) atoms. The number of para-hydroxylation sites is 1. The lowest BCUT2D eigenvalue weighted by molar-refractivity contribution is -0.277. The monoisotopic (exact) mass is 270 g/mol. The predicted molar refractivity (Wildman–Crippen MR) is 65.6 cm³/mol. The number of aryl methyl sites for hydroxylation is 1. The van der Waals surface area contributed by atoms with Gasteiger partial charge in [-0.15, -0.1) is 0 Å². The minimum absolute atomic E-state index is 0.474. The van der Waals surface area contributed by atoms with Gasteiger partial charge in [0.25, 0.3) is 0 Å². The van der Waals surface area contributed by atoms with Gasteiger partial charge in [-0.3, -0.25) is 0 Å². The summed E-state index contributed by atoms with van der Waals surface area (Å²) in [6, 6.07) is 7.15. The highest BCUT2D eigenvalue weighted by Crippen LogP contribution is 2.25. The fourth-order valence-electron chi connectivity index (χ4n) is 1.98. The molecule has 0 saturated carbocycles. The molecule has 1 fully saturated rings. The van der Waals surface area contributed by atoms with E-state index in [1.807, 2.05) is 19.1 Å². The molecule has 5 atom stereocenters. The van der Waals surface area contributed by atoms with Gasteiger partial charge in [-0.2, -0.15) is 0 Å². The van der Waals surface area contributed by atoms with Gasteiger partial charge in [0.1, 0.15) is 30.2 Å². The maximum absolute atomic E-state index is 9.83. The molecule has 0 aliphatic carbocycles. The van der Waals surface area contributed by atoms with Crippen LogP contribution in [0, 0.1) is 6.92 Å². The topological polar surface area (TPSA) is 99.4 Å². The van der Waals surface area contributed by atoms with Crippen molar-refractivity contribution in [1.82, 2.24) is 0 Å². The van der Waals surface area contributed by atoms with Crippen molar-refractivity contribution in [1.29, 1.82) is 0 Å². The number of ether oxygens (including phenoxy) is 2. The molecule has 6 nitrogen and oxygen atoms in total. The Kier molecular flexibility index (Phi) is 4.38. The molecule has 6 heteroatoms. The normalized spacial score (nSPS) is 35.1. The van der Waals surface area contributed by atoms with Crippen LogP contribution in [-0.4, -0.2) is 57.7 Å². The quantitative estimate of drug-likeness (QED) is 0.572. The first kappa shape index (κ1) is 14.2. The molecule has 4 N–H and O–H groups in total. The summed E-state index contributed by atoms with van der Waals surface area (Å²) < 4.78 is 10.8. The van der Waals surface area contributed by atoms with E-state index < -0.39 is 37.3 Å². The van der Waals surface area contributed by atoms with E-state index >= 15 is 0 Å². The van der Waals surface area contributed by atoms with E-state index in [-0.39, 0.29) is 0 Å². The van der Waals surface area contributed by atoms with E-state index in [2.05, 4.69) is 0 Å². The average Bonchev–Trinajstić information content (AvgIpc) is 2.41. The molecule has 1 heterocycles. The minimum Gasteiger partial charge on any atom is -0.462 e. The summed E-state index contributed by atoms with van der Waals surface area (Å²) >= 11 is 0. The van der Waals surface area contributed by atoms with Gasteiger partial charge >= 0.3 is 0 Å². The van der Waals surface area contributed by atoms with Crippen molar-refractivity contribution in [2.24, 2.45) is 0 Å². The number of benzene rings is 1. The molecule has 1 aromatic rings. The van der Waals surface area contributed by atoms with Crippen LogP contribution in [0.25, 0.3) is 0 Å². The molecule has 2 unspecified atom stereocenters. The molecule has 1 aliphatic rings. The molecule has 0 aromatic heterocycles. The highest BCUT2D eigenvalue weighted by Gasteiger charge is 2.44. The van der Waals surface area contributed by atoms with Crippen molar-refractivity contribution in [3.63, 3.8) is 0 Å². The van der Waals surface area contributed by atoms with Crippen LogP contribution in [0.3, 0.4) is 0 Å². The lowest BCUT2D eigenvalue weighted by Crippen LogP contribution is -2.60. The first-order chi connectivity index (χ1) is 9.04. The lowest BCUT2D eigenvalue weighted by Gasteiger charge is -2.39. The van der Waals surface area contributed by atoms with Crippen molar-refractivity contribution in [3.8, 4) is 5.75 Å². The van der Waals surface area contributed by atoms with E-state index in [4.69, 9.17) is 14.6 Å². The largest absolute Gasteiger partial charge is 0.462 e. The van der Waals surface area contributed by atoms with Crippen LogP contribution in [0.15, 0.2) is 24.3 Å². The Hall–Kier alpha value is -1.18. The summed E-state index contributed by atoms with van der Waals surface area (Å²) in [5.74, 6) is 0.506. The molecule has 1 aliphatic heterocycles. The molecule has 106 valence electrons. The van der Waals surface area contributed by atoms with Crippen molar-refractivity contribution in [2.45, 2.75) is 37.6 Å². The fourth-order valence-corrected chi connectivity index (χ4v) is 1.98. The Morgan fingerprint density at radius 1 is 1.11 bits per heavy atom. The highest BCUT2D eigenvalue weighted by atomic mass is 16.7. The molecular formula is C13H18O6. The van der Waals surface area contributed by atoms with Gasteiger partial charge in [0.2, 0.25) is 6.29 Å². The van der Waals surface area contributed by atoms with Gasteiger partial charge in [0.05, 0.1) is 6.61 Å². The third-order valence-corrected chi connectivity index (χ3v) is 3.19. The Morgan fingerprint density at radius 3 is 2.42 bits per heavy atom. The molecule has 0 bridgehead atoms. The average molecular weight is 270 g/mol. The van der Waals surface area contributed by atoms with Crippen molar-refractivity contribution < 1.29 is 29.9 Å². The van der Waals surface area contributed by atoms with Gasteiger partial charge in [0, 0.05) is 0 Å². The van der Waals surface area contributed by atoms with E-state index in [1.165, 1.54) is 0 Å². The maximum Gasteiger partial charge on any atom is 0.229 e. The summed E-state index contributed by atoms with van der Waals surface area (Å²) in [7, 11) is 0. The summed E-state index contributed by atoms with van der Waals surface area (Å²) in [5, 5.41) is 38.2. The van der Waals surface area contributed by atoms with Gasteiger partial charge in [-0.1, -0.05) is 18.2 Å².